The normalized spacial score (nSPS) is 12.6. The van der Waals surface area contributed by atoms with Gasteiger partial charge in [0.1, 0.15) is 5.83 Å². The number of hydrogen-bond acceptors (Lipinski definition) is 1. The highest BCUT2D eigenvalue weighted by Crippen LogP contribution is 2.02. The van der Waals surface area contributed by atoms with Crippen molar-refractivity contribution in [2.45, 2.75) is 19.8 Å². The highest BCUT2D eigenvalue weighted by atomic mass is 19.1. The molecule has 2 nitrogen and oxygen atoms in total. The van der Waals surface area contributed by atoms with E-state index in [0.717, 1.165) is 12.1 Å². The maximum Gasteiger partial charge on any atom is 0.118 e. The Morgan fingerprint density at radius 3 is 3.15 bits per heavy atom. The molecule has 1 heterocycles. The number of allylic oxidation sites excluding steroid dienone is 4. The molecule has 13 heavy (non-hydrogen) atoms. The Balaban J connectivity index is 2.38. The average molecular weight is 180 g/mol. The van der Waals surface area contributed by atoms with Gasteiger partial charge in [-0.2, -0.15) is 5.10 Å². The molecule has 0 amide bonds. The van der Waals surface area contributed by atoms with Crippen LogP contribution in [-0.4, -0.2) is 10.2 Å². The van der Waals surface area contributed by atoms with Gasteiger partial charge in [-0.3, -0.25) is 5.10 Å². The van der Waals surface area contributed by atoms with E-state index in [2.05, 4.69) is 10.2 Å². The Bertz CT molecular complexity index is 286. The van der Waals surface area contributed by atoms with Crippen LogP contribution in [0.3, 0.4) is 0 Å². The molecule has 0 saturated heterocycles. The molecule has 0 radical (unpaired) electrons. The highest BCUT2D eigenvalue weighted by Gasteiger charge is 1.89. The molecule has 1 aromatic rings. The predicted octanol–water partition coefficient (Wildman–Crippen LogP) is 2.77. The summed E-state index contributed by atoms with van der Waals surface area (Å²) in [6, 6.07) is 1.87. The third kappa shape index (κ3) is 3.69. The first kappa shape index (κ1) is 9.71. The summed E-state index contributed by atoms with van der Waals surface area (Å²) in [7, 11) is 0. The van der Waals surface area contributed by atoms with E-state index in [1.54, 1.807) is 18.3 Å². The van der Waals surface area contributed by atoms with Crippen LogP contribution >= 0.6 is 0 Å². The minimum atomic E-state index is -0.179. The number of aromatic nitrogens is 2. The lowest BCUT2D eigenvalue weighted by Gasteiger charge is -1.88. The number of halogens is 1. The molecule has 1 aromatic heterocycles. The molecule has 3 heteroatoms. The van der Waals surface area contributed by atoms with Crippen molar-refractivity contribution in [3.63, 3.8) is 0 Å². The summed E-state index contributed by atoms with van der Waals surface area (Å²) in [5.74, 6) is -0.179. The maximum atomic E-state index is 12.8. The minimum absolute atomic E-state index is 0.179. The summed E-state index contributed by atoms with van der Waals surface area (Å²) in [5.41, 5.74) is 0.987. The van der Waals surface area contributed by atoms with E-state index in [-0.39, 0.29) is 5.83 Å². The molecule has 1 rings (SSSR count). The summed E-state index contributed by atoms with van der Waals surface area (Å²) < 4.78 is 12.8. The van der Waals surface area contributed by atoms with Crippen molar-refractivity contribution in [1.82, 2.24) is 10.2 Å². The van der Waals surface area contributed by atoms with Gasteiger partial charge in [0.05, 0.1) is 0 Å². The van der Waals surface area contributed by atoms with Crippen LogP contribution in [0.5, 0.6) is 0 Å². The molecule has 0 aliphatic carbocycles. The predicted molar refractivity (Wildman–Crippen MR) is 50.9 cm³/mol. The molecule has 0 atom stereocenters. The molecule has 0 saturated carbocycles. The lowest BCUT2D eigenvalue weighted by atomic mass is 10.3. The fraction of sp³-hybridized carbons (Fsp3) is 0.300. The van der Waals surface area contributed by atoms with Crippen LogP contribution in [0.15, 0.2) is 36.3 Å². The number of hydrogen-bond donors (Lipinski definition) is 1. The van der Waals surface area contributed by atoms with Crippen molar-refractivity contribution in [3.05, 3.63) is 42.0 Å². The Kier molecular flexibility index (Phi) is 3.96. The van der Waals surface area contributed by atoms with Crippen LogP contribution in [0.4, 0.5) is 4.39 Å². The van der Waals surface area contributed by atoms with Gasteiger partial charge in [-0.05, 0) is 24.6 Å². The first-order valence-corrected chi connectivity index (χ1v) is 4.33. The van der Waals surface area contributed by atoms with E-state index < -0.39 is 0 Å². The quantitative estimate of drug-likeness (QED) is 0.709. The molecule has 0 fully saturated rings. The molecule has 0 spiro atoms. The van der Waals surface area contributed by atoms with Crippen molar-refractivity contribution in [2.75, 3.05) is 0 Å². The molecule has 70 valence electrons. The second kappa shape index (κ2) is 5.30. The number of nitrogens with zero attached hydrogens (tertiary/aromatic N) is 1. The largest absolute Gasteiger partial charge is 0.282 e. The molecule has 0 bridgehead atoms. The van der Waals surface area contributed by atoms with Crippen LogP contribution < -0.4 is 0 Å². The van der Waals surface area contributed by atoms with E-state index in [4.69, 9.17) is 0 Å². The number of nitrogens with one attached hydrogen (secondary N) is 1. The summed E-state index contributed by atoms with van der Waals surface area (Å²) in [5, 5.41) is 6.59. The summed E-state index contributed by atoms with van der Waals surface area (Å²) in [6.45, 7) is 1.91. The van der Waals surface area contributed by atoms with E-state index >= 15 is 0 Å². The first-order chi connectivity index (χ1) is 6.33. The topological polar surface area (TPSA) is 28.7 Å². The lowest BCUT2D eigenvalue weighted by Crippen LogP contribution is -1.80. The van der Waals surface area contributed by atoms with Gasteiger partial charge in [0.2, 0.25) is 0 Å². The molecule has 0 unspecified atom stereocenters. The van der Waals surface area contributed by atoms with Crippen molar-refractivity contribution < 1.29 is 4.39 Å². The number of rotatable bonds is 4. The Labute approximate surface area is 77.2 Å². The zero-order valence-corrected chi connectivity index (χ0v) is 7.63. The van der Waals surface area contributed by atoms with Crippen LogP contribution in [0.25, 0.3) is 0 Å². The van der Waals surface area contributed by atoms with Crippen LogP contribution in [0.1, 0.15) is 19.0 Å². The van der Waals surface area contributed by atoms with Crippen molar-refractivity contribution in [2.24, 2.45) is 0 Å². The third-order valence-corrected chi connectivity index (χ3v) is 1.57. The van der Waals surface area contributed by atoms with Gasteiger partial charge < -0.3 is 0 Å². The zero-order valence-electron chi connectivity index (χ0n) is 7.63. The average Bonchev–Trinajstić information content (AvgIpc) is 2.57. The highest BCUT2D eigenvalue weighted by molar-refractivity contribution is 5.13. The first-order valence-electron chi connectivity index (χ1n) is 4.33. The van der Waals surface area contributed by atoms with Crippen molar-refractivity contribution in [1.29, 1.82) is 0 Å². The molecule has 1 N–H and O–H groups in total. The molecule has 0 aliphatic heterocycles. The van der Waals surface area contributed by atoms with Gasteiger partial charge in [-0.15, -0.1) is 0 Å². The summed E-state index contributed by atoms with van der Waals surface area (Å²) >= 11 is 0. The second-order valence-corrected chi connectivity index (χ2v) is 2.69. The maximum absolute atomic E-state index is 12.8. The minimum Gasteiger partial charge on any atom is -0.282 e. The van der Waals surface area contributed by atoms with Gasteiger partial charge >= 0.3 is 0 Å². The summed E-state index contributed by atoms with van der Waals surface area (Å²) in [4.78, 5) is 0. The van der Waals surface area contributed by atoms with E-state index in [1.165, 1.54) is 6.08 Å². The Morgan fingerprint density at radius 2 is 2.54 bits per heavy atom. The van der Waals surface area contributed by atoms with Gasteiger partial charge in [0, 0.05) is 18.3 Å². The zero-order chi connectivity index (χ0) is 9.52. The van der Waals surface area contributed by atoms with Crippen LogP contribution in [-0.2, 0) is 6.42 Å². The Hall–Kier alpha value is -1.38. The van der Waals surface area contributed by atoms with Gasteiger partial charge in [0.15, 0.2) is 0 Å². The van der Waals surface area contributed by atoms with Crippen molar-refractivity contribution in [3.8, 4) is 0 Å². The Morgan fingerprint density at radius 1 is 1.69 bits per heavy atom. The molecule has 0 aromatic carbocycles. The van der Waals surface area contributed by atoms with Gasteiger partial charge in [0.25, 0.3) is 0 Å². The summed E-state index contributed by atoms with van der Waals surface area (Å²) in [6.07, 6.45) is 7.88. The van der Waals surface area contributed by atoms with Crippen LogP contribution in [0.2, 0.25) is 0 Å². The molecule has 0 aliphatic rings. The monoisotopic (exact) mass is 180 g/mol. The second-order valence-electron chi connectivity index (χ2n) is 2.69. The van der Waals surface area contributed by atoms with E-state index in [1.807, 2.05) is 13.0 Å². The number of H-pyrrole nitrogens is 1. The fourth-order valence-corrected chi connectivity index (χ4v) is 0.960. The lowest BCUT2D eigenvalue weighted by molar-refractivity contribution is 0.660. The number of aromatic amines is 1. The SMILES string of the molecule is CC/C=C(F)\C=C/Cc1ccn[nH]1. The van der Waals surface area contributed by atoms with Gasteiger partial charge in [-0.25, -0.2) is 4.39 Å². The van der Waals surface area contributed by atoms with Gasteiger partial charge in [-0.1, -0.05) is 13.0 Å². The smallest absolute Gasteiger partial charge is 0.118 e. The standard InChI is InChI=1S/C10H13FN2/c1-2-4-9(11)5-3-6-10-7-8-12-13-10/h3-5,7-8H,2,6H2,1H3,(H,12,13)/b5-3-,9-4+. The van der Waals surface area contributed by atoms with Crippen molar-refractivity contribution >= 4 is 0 Å². The van der Waals surface area contributed by atoms with Crippen LogP contribution in [0, 0.1) is 0 Å². The molecular weight excluding hydrogens is 167 g/mol. The van der Waals surface area contributed by atoms with E-state index in [9.17, 15) is 4.39 Å². The third-order valence-electron chi connectivity index (χ3n) is 1.57. The molecular formula is C10H13FN2. The van der Waals surface area contributed by atoms with E-state index in [0.29, 0.717) is 6.42 Å². The fourth-order valence-electron chi connectivity index (χ4n) is 0.960.